The zero-order valence-electron chi connectivity index (χ0n) is 33.0. The zero-order chi connectivity index (χ0) is 39.6. The van der Waals surface area contributed by atoms with Gasteiger partial charge < -0.3 is 4.90 Å². The molecule has 0 saturated heterocycles. The lowest BCUT2D eigenvalue weighted by Gasteiger charge is -2.34. The molecule has 0 N–H and O–H groups in total. The monoisotopic (exact) mass is 761 g/mol. The van der Waals surface area contributed by atoms with Crippen molar-refractivity contribution in [3.63, 3.8) is 0 Å². The Kier molecular flexibility index (Phi) is 7.83. The standard InChI is InChI=1S/C59H39N/c1-2-14-46(15-3-1)59(57-20-10-8-18-55(57)56-19-9-11-21-58(56)59)47-30-26-40(27-31-47)41-28-32-48(33-29-41)60(49-34-36-53-44(38-49)24-22-42-12-4-6-16-51(42)53)50-35-37-54-45(39-50)25-23-43-13-5-7-17-52(43)54/h1-39H. The molecule has 0 atom stereocenters. The minimum Gasteiger partial charge on any atom is -0.310 e. The topological polar surface area (TPSA) is 3.24 Å². The van der Waals surface area contributed by atoms with E-state index in [2.05, 4.69) is 241 Å². The molecule has 0 aliphatic heterocycles. The van der Waals surface area contributed by atoms with Gasteiger partial charge in [-0.15, -0.1) is 0 Å². The van der Waals surface area contributed by atoms with Crippen molar-refractivity contribution in [3.8, 4) is 22.3 Å². The maximum Gasteiger partial charge on any atom is 0.0713 e. The van der Waals surface area contributed by atoms with Crippen LogP contribution < -0.4 is 4.90 Å². The van der Waals surface area contributed by atoms with Crippen LogP contribution in [-0.4, -0.2) is 0 Å². The van der Waals surface area contributed by atoms with Crippen molar-refractivity contribution in [3.05, 3.63) is 259 Å². The van der Waals surface area contributed by atoms with E-state index in [1.165, 1.54) is 87.6 Å². The van der Waals surface area contributed by atoms with Crippen molar-refractivity contribution >= 4 is 60.2 Å². The van der Waals surface area contributed by atoms with E-state index < -0.39 is 5.41 Å². The predicted octanol–water partition coefficient (Wildman–Crippen LogP) is 15.8. The van der Waals surface area contributed by atoms with Gasteiger partial charge in [0.1, 0.15) is 0 Å². The average Bonchev–Trinajstić information content (AvgIpc) is 3.63. The number of benzene rings is 11. The highest BCUT2D eigenvalue weighted by Crippen LogP contribution is 2.56. The van der Waals surface area contributed by atoms with Crippen LogP contribution in [0.2, 0.25) is 0 Å². The minimum absolute atomic E-state index is 0.407. The Balaban J connectivity index is 0.960. The van der Waals surface area contributed by atoms with E-state index in [9.17, 15) is 0 Å². The van der Waals surface area contributed by atoms with Gasteiger partial charge in [-0.1, -0.05) is 200 Å². The van der Waals surface area contributed by atoms with Crippen molar-refractivity contribution in [1.29, 1.82) is 0 Å². The second kappa shape index (κ2) is 13.7. The van der Waals surface area contributed by atoms with E-state index in [0.29, 0.717) is 0 Å². The second-order valence-corrected chi connectivity index (χ2v) is 16.1. The third kappa shape index (κ3) is 5.26. The SMILES string of the molecule is c1ccc(C2(c3ccc(-c4ccc(N(c5ccc6c(ccc7ccccc76)c5)c5ccc6c(ccc7ccccc76)c5)cc4)cc3)c3ccccc3-c3ccccc32)cc1. The third-order valence-electron chi connectivity index (χ3n) is 12.9. The summed E-state index contributed by atoms with van der Waals surface area (Å²) in [7, 11) is 0. The molecule has 0 bridgehead atoms. The van der Waals surface area contributed by atoms with Gasteiger partial charge in [-0.25, -0.2) is 0 Å². The van der Waals surface area contributed by atoms with E-state index in [-0.39, 0.29) is 0 Å². The molecule has 1 aliphatic rings. The Hall–Kier alpha value is -7.74. The summed E-state index contributed by atoms with van der Waals surface area (Å²) in [5.74, 6) is 0. The summed E-state index contributed by atoms with van der Waals surface area (Å²) in [4.78, 5) is 2.40. The van der Waals surface area contributed by atoms with Crippen molar-refractivity contribution in [1.82, 2.24) is 0 Å². The molecule has 12 rings (SSSR count). The zero-order valence-corrected chi connectivity index (χ0v) is 33.0. The molecule has 0 unspecified atom stereocenters. The molecular formula is C59H39N. The molecule has 11 aromatic rings. The summed E-state index contributed by atoms with van der Waals surface area (Å²) in [5, 5.41) is 10.0. The number of fused-ring (bicyclic) bond motifs is 9. The van der Waals surface area contributed by atoms with Gasteiger partial charge >= 0.3 is 0 Å². The predicted molar refractivity (Wildman–Crippen MR) is 254 cm³/mol. The van der Waals surface area contributed by atoms with Gasteiger partial charge in [-0.2, -0.15) is 0 Å². The first-order valence-corrected chi connectivity index (χ1v) is 20.8. The number of nitrogens with zero attached hydrogens (tertiary/aromatic N) is 1. The Morgan fingerprint density at radius 3 is 1.22 bits per heavy atom. The van der Waals surface area contributed by atoms with Crippen molar-refractivity contribution in [2.24, 2.45) is 0 Å². The first-order chi connectivity index (χ1) is 29.7. The summed E-state index contributed by atoms with van der Waals surface area (Å²) < 4.78 is 0. The van der Waals surface area contributed by atoms with Crippen LogP contribution in [0.1, 0.15) is 22.3 Å². The van der Waals surface area contributed by atoms with Gasteiger partial charge in [-0.3, -0.25) is 0 Å². The van der Waals surface area contributed by atoms with Crippen LogP contribution in [0.15, 0.2) is 237 Å². The smallest absolute Gasteiger partial charge is 0.0713 e. The van der Waals surface area contributed by atoms with Gasteiger partial charge in [0.15, 0.2) is 0 Å². The fourth-order valence-electron chi connectivity index (χ4n) is 10.2. The number of hydrogen-bond acceptors (Lipinski definition) is 1. The Morgan fingerprint density at radius 2 is 0.667 bits per heavy atom. The summed E-state index contributed by atoms with van der Waals surface area (Å²) >= 11 is 0. The molecule has 1 aliphatic carbocycles. The lowest BCUT2D eigenvalue weighted by Crippen LogP contribution is -2.28. The van der Waals surface area contributed by atoms with Crippen LogP contribution in [0.5, 0.6) is 0 Å². The van der Waals surface area contributed by atoms with Gasteiger partial charge in [0.05, 0.1) is 5.41 Å². The third-order valence-corrected chi connectivity index (χ3v) is 12.9. The molecule has 0 aromatic heterocycles. The molecule has 0 radical (unpaired) electrons. The van der Waals surface area contributed by atoms with Crippen LogP contribution >= 0.6 is 0 Å². The summed E-state index contributed by atoms with van der Waals surface area (Å²) in [6.45, 7) is 0. The highest BCUT2D eigenvalue weighted by atomic mass is 15.1. The normalized spacial score (nSPS) is 12.8. The summed E-state index contributed by atoms with van der Waals surface area (Å²) in [6, 6.07) is 87.3. The second-order valence-electron chi connectivity index (χ2n) is 16.1. The van der Waals surface area contributed by atoms with Crippen LogP contribution in [-0.2, 0) is 5.41 Å². The molecule has 0 heterocycles. The van der Waals surface area contributed by atoms with Crippen LogP contribution in [0, 0.1) is 0 Å². The van der Waals surface area contributed by atoms with Gasteiger partial charge in [0, 0.05) is 17.1 Å². The van der Waals surface area contributed by atoms with Gasteiger partial charge in [-0.05, 0) is 124 Å². The molecule has 1 heteroatoms. The highest BCUT2D eigenvalue weighted by molar-refractivity contribution is 6.10. The van der Waals surface area contributed by atoms with E-state index >= 15 is 0 Å². The fourth-order valence-corrected chi connectivity index (χ4v) is 10.2. The van der Waals surface area contributed by atoms with E-state index in [1.54, 1.807) is 0 Å². The maximum atomic E-state index is 2.40. The summed E-state index contributed by atoms with van der Waals surface area (Å²) in [6.07, 6.45) is 0. The molecule has 1 nitrogen and oxygen atoms in total. The first-order valence-electron chi connectivity index (χ1n) is 20.8. The van der Waals surface area contributed by atoms with Gasteiger partial charge in [0.25, 0.3) is 0 Å². The molecule has 60 heavy (non-hydrogen) atoms. The quantitative estimate of drug-likeness (QED) is 0.153. The lowest BCUT2D eigenvalue weighted by atomic mass is 9.67. The maximum absolute atomic E-state index is 2.40. The summed E-state index contributed by atoms with van der Waals surface area (Å²) in [5.41, 5.74) is 13.1. The Labute approximate surface area is 350 Å². The first kappa shape index (κ1) is 34.3. The number of rotatable bonds is 6. The van der Waals surface area contributed by atoms with Crippen molar-refractivity contribution in [2.45, 2.75) is 5.41 Å². The van der Waals surface area contributed by atoms with Crippen molar-refractivity contribution < 1.29 is 0 Å². The largest absolute Gasteiger partial charge is 0.310 e. The lowest BCUT2D eigenvalue weighted by molar-refractivity contribution is 0.768. The van der Waals surface area contributed by atoms with Crippen LogP contribution in [0.25, 0.3) is 65.3 Å². The van der Waals surface area contributed by atoms with Crippen molar-refractivity contribution in [2.75, 3.05) is 4.90 Å². The molecule has 11 aromatic carbocycles. The Morgan fingerprint density at radius 1 is 0.267 bits per heavy atom. The van der Waals surface area contributed by atoms with Gasteiger partial charge in [0.2, 0.25) is 0 Å². The molecule has 0 fully saturated rings. The van der Waals surface area contributed by atoms with E-state index in [4.69, 9.17) is 0 Å². The highest BCUT2D eigenvalue weighted by Gasteiger charge is 2.45. The minimum atomic E-state index is -0.407. The van der Waals surface area contributed by atoms with Crippen LogP contribution in [0.3, 0.4) is 0 Å². The average molecular weight is 762 g/mol. The van der Waals surface area contributed by atoms with E-state index in [1.807, 2.05) is 0 Å². The molecular weight excluding hydrogens is 723 g/mol. The molecule has 0 amide bonds. The van der Waals surface area contributed by atoms with Crippen LogP contribution in [0.4, 0.5) is 17.1 Å². The molecule has 0 saturated carbocycles. The fraction of sp³-hybridized carbons (Fsp3) is 0.0169. The molecule has 0 spiro atoms. The Bertz CT molecular complexity index is 3250. The molecule has 280 valence electrons. The van der Waals surface area contributed by atoms with E-state index in [0.717, 1.165) is 17.1 Å². The number of hydrogen-bond donors (Lipinski definition) is 0. The number of anilines is 3.